The van der Waals surface area contributed by atoms with Crippen molar-refractivity contribution < 1.29 is 19.1 Å². The van der Waals surface area contributed by atoms with Crippen molar-refractivity contribution in [1.29, 1.82) is 0 Å². The van der Waals surface area contributed by atoms with E-state index in [9.17, 15) is 9.59 Å². The average Bonchev–Trinajstić information content (AvgIpc) is 3.44. The Morgan fingerprint density at radius 1 is 0.517 bits per heavy atom. The van der Waals surface area contributed by atoms with Crippen molar-refractivity contribution in [2.24, 2.45) is 71.0 Å². The summed E-state index contributed by atoms with van der Waals surface area (Å²) in [7, 11) is 0. The second-order valence-electron chi connectivity index (χ2n) is 12.0. The first kappa shape index (κ1) is 16.6. The van der Waals surface area contributed by atoms with Gasteiger partial charge in [0.2, 0.25) is 0 Å². The number of rotatable bonds is 0. The van der Waals surface area contributed by atoms with E-state index in [1.54, 1.807) is 0 Å². The highest BCUT2D eigenvalue weighted by molar-refractivity contribution is 5.72. The van der Waals surface area contributed by atoms with E-state index in [0.717, 1.165) is 72.0 Å². The Kier molecular flexibility index (Phi) is 3.09. The van der Waals surface area contributed by atoms with Crippen LogP contribution in [0.5, 0.6) is 0 Å². The van der Waals surface area contributed by atoms with E-state index < -0.39 is 0 Å². The van der Waals surface area contributed by atoms with Crippen LogP contribution in [0.2, 0.25) is 0 Å². The number of esters is 2. The predicted molar refractivity (Wildman–Crippen MR) is 103 cm³/mol. The van der Waals surface area contributed by atoms with E-state index in [-0.39, 0.29) is 24.1 Å². The Labute approximate surface area is 172 Å². The number of hydrogen-bond donors (Lipinski definition) is 0. The van der Waals surface area contributed by atoms with Gasteiger partial charge in [-0.2, -0.15) is 0 Å². The second-order valence-corrected chi connectivity index (χ2v) is 12.0. The molecule has 0 aromatic heterocycles. The highest BCUT2D eigenvalue weighted by atomic mass is 16.5. The van der Waals surface area contributed by atoms with Crippen LogP contribution in [-0.2, 0) is 19.1 Å². The Morgan fingerprint density at radius 2 is 0.966 bits per heavy atom. The molecule has 4 heteroatoms. The fraction of sp³-hybridized carbons (Fsp3) is 0.920. The van der Waals surface area contributed by atoms with E-state index in [2.05, 4.69) is 0 Å². The molecule has 7 aliphatic carbocycles. The zero-order chi connectivity index (χ0) is 19.0. The molecule has 8 aliphatic rings. The van der Waals surface area contributed by atoms with Crippen LogP contribution < -0.4 is 0 Å². The normalized spacial score (nSPS) is 63.3. The van der Waals surface area contributed by atoms with Gasteiger partial charge in [0.15, 0.2) is 0 Å². The third kappa shape index (κ3) is 1.86. The maximum absolute atomic E-state index is 12.5. The Bertz CT molecular complexity index is 728. The first-order valence-corrected chi connectivity index (χ1v) is 12.6. The van der Waals surface area contributed by atoms with Gasteiger partial charge in [-0.15, -0.1) is 0 Å². The first-order valence-electron chi connectivity index (χ1n) is 12.6. The maximum Gasteiger partial charge on any atom is 0.306 e. The Morgan fingerprint density at radius 3 is 1.45 bits per heavy atom. The molecule has 0 radical (unpaired) electrons. The van der Waals surface area contributed by atoms with Gasteiger partial charge in [0.05, 0.1) is 0 Å². The van der Waals surface area contributed by atoms with Crippen LogP contribution >= 0.6 is 0 Å². The number of hydrogen-bond acceptors (Lipinski definition) is 4. The van der Waals surface area contributed by atoms with Gasteiger partial charge in [-0.1, -0.05) is 0 Å². The maximum atomic E-state index is 12.5. The molecular weight excluding hydrogens is 364 g/mol. The zero-order valence-corrected chi connectivity index (χ0v) is 17.1. The molecule has 0 aromatic carbocycles. The van der Waals surface area contributed by atoms with Gasteiger partial charge < -0.3 is 9.47 Å². The molecule has 1 aliphatic heterocycles. The third-order valence-electron chi connectivity index (χ3n) is 11.7. The van der Waals surface area contributed by atoms with Crippen molar-refractivity contribution in [2.75, 3.05) is 0 Å². The second kappa shape index (κ2) is 5.40. The number of fused-ring (bicyclic) bond motifs is 7. The Hall–Kier alpha value is -1.06. The SMILES string of the molecule is O=C1CCCC(=O)O[C@@H]2CC[C@@H]3[C@H]4C[C@H]([C@H]5[C@@H]4[C@H]4[C@H]6C[C@@H]([C@@H]54)[C@@H]4[C@H]6CC[C@@H]4O1)[C@@H]32. The summed E-state index contributed by atoms with van der Waals surface area (Å²) in [6, 6.07) is 0. The van der Waals surface area contributed by atoms with Crippen LogP contribution in [0, 0.1) is 71.0 Å². The van der Waals surface area contributed by atoms with Crippen molar-refractivity contribution in [3.8, 4) is 0 Å². The third-order valence-corrected chi connectivity index (χ3v) is 11.7. The van der Waals surface area contributed by atoms with E-state index >= 15 is 0 Å². The molecule has 14 atom stereocenters. The molecule has 0 amide bonds. The van der Waals surface area contributed by atoms with Gasteiger partial charge >= 0.3 is 11.9 Å². The van der Waals surface area contributed by atoms with Crippen LogP contribution in [0.4, 0.5) is 0 Å². The quantitative estimate of drug-likeness (QED) is 0.584. The zero-order valence-electron chi connectivity index (χ0n) is 17.1. The molecular formula is C25H32O4. The van der Waals surface area contributed by atoms with Gasteiger partial charge in [-0.25, -0.2) is 0 Å². The van der Waals surface area contributed by atoms with Gasteiger partial charge in [0, 0.05) is 24.7 Å². The number of ether oxygens (including phenoxy) is 2. The van der Waals surface area contributed by atoms with Gasteiger partial charge in [0.1, 0.15) is 12.2 Å². The summed E-state index contributed by atoms with van der Waals surface area (Å²) in [6.45, 7) is 0. The molecule has 4 bridgehead atoms. The fourth-order valence-electron chi connectivity index (χ4n) is 11.5. The van der Waals surface area contributed by atoms with Crippen LogP contribution in [0.3, 0.4) is 0 Å². The van der Waals surface area contributed by atoms with Gasteiger partial charge in [0.25, 0.3) is 0 Å². The van der Waals surface area contributed by atoms with Crippen molar-refractivity contribution in [3.63, 3.8) is 0 Å². The molecule has 29 heavy (non-hydrogen) atoms. The lowest BCUT2D eigenvalue weighted by atomic mass is 9.43. The van der Waals surface area contributed by atoms with Crippen LogP contribution in [0.15, 0.2) is 0 Å². The average molecular weight is 397 g/mol. The molecule has 8 fully saturated rings. The topological polar surface area (TPSA) is 52.6 Å². The highest BCUT2D eigenvalue weighted by Crippen LogP contribution is 2.81. The molecule has 0 aromatic rings. The number of carbonyl (C=O) groups is 2. The lowest BCUT2D eigenvalue weighted by molar-refractivity contribution is -0.172. The minimum atomic E-state index is -0.0777. The monoisotopic (exact) mass is 396 g/mol. The predicted octanol–water partition coefficient (Wildman–Crippen LogP) is 3.82. The summed E-state index contributed by atoms with van der Waals surface area (Å²) in [5.74, 6) is 10.1. The molecule has 1 heterocycles. The molecule has 1 saturated heterocycles. The first-order chi connectivity index (χ1) is 14.2. The van der Waals surface area contributed by atoms with Crippen molar-refractivity contribution >= 4 is 11.9 Å². The standard InChI is InChI=1S/C25H32O4/c26-18-2-1-3-19(27)29-17-7-5-11-13-9-15(21(11)17)25-23(13)22-12-8-14(24(22)25)20-10(12)4-6-16(20)28-18/h10-17,20-25H,1-9H2/t10-,11+,12-,13+,14+,15-,16-,17+,20-,21+,22+,23-,24+,25-. The van der Waals surface area contributed by atoms with E-state index in [0.29, 0.717) is 31.1 Å². The lowest BCUT2D eigenvalue weighted by Gasteiger charge is -2.61. The summed E-state index contributed by atoms with van der Waals surface area (Å²) < 4.78 is 12.1. The smallest absolute Gasteiger partial charge is 0.306 e. The number of carbonyl (C=O) groups excluding carboxylic acids is 2. The molecule has 0 N–H and O–H groups in total. The molecule has 7 saturated carbocycles. The van der Waals surface area contributed by atoms with Crippen molar-refractivity contribution in [2.45, 2.75) is 70.0 Å². The van der Waals surface area contributed by atoms with Crippen molar-refractivity contribution in [3.05, 3.63) is 0 Å². The fourth-order valence-corrected chi connectivity index (χ4v) is 11.5. The highest BCUT2D eigenvalue weighted by Gasteiger charge is 2.78. The minimum absolute atomic E-state index is 0.0777. The molecule has 156 valence electrons. The van der Waals surface area contributed by atoms with Gasteiger partial charge in [-0.3, -0.25) is 9.59 Å². The van der Waals surface area contributed by atoms with Crippen LogP contribution in [0.25, 0.3) is 0 Å². The molecule has 8 rings (SSSR count). The van der Waals surface area contributed by atoms with E-state index in [1.165, 1.54) is 25.7 Å². The van der Waals surface area contributed by atoms with Crippen molar-refractivity contribution in [1.82, 2.24) is 0 Å². The summed E-state index contributed by atoms with van der Waals surface area (Å²) in [6.07, 6.45) is 9.28. The Balaban J connectivity index is 1.18. The molecule has 4 nitrogen and oxygen atoms in total. The van der Waals surface area contributed by atoms with Crippen LogP contribution in [0.1, 0.15) is 57.8 Å². The van der Waals surface area contributed by atoms with E-state index in [4.69, 9.17) is 9.47 Å². The summed E-state index contributed by atoms with van der Waals surface area (Å²) in [4.78, 5) is 25.0. The molecule has 0 spiro atoms. The summed E-state index contributed by atoms with van der Waals surface area (Å²) >= 11 is 0. The molecule has 0 unspecified atom stereocenters. The van der Waals surface area contributed by atoms with E-state index in [1.807, 2.05) is 0 Å². The summed E-state index contributed by atoms with van der Waals surface area (Å²) in [5, 5.41) is 0. The largest absolute Gasteiger partial charge is 0.462 e. The summed E-state index contributed by atoms with van der Waals surface area (Å²) in [5.41, 5.74) is 0. The minimum Gasteiger partial charge on any atom is -0.462 e. The van der Waals surface area contributed by atoms with Gasteiger partial charge in [-0.05, 0) is 104 Å². The van der Waals surface area contributed by atoms with Crippen LogP contribution in [-0.4, -0.2) is 24.1 Å². The lowest BCUT2D eigenvalue weighted by Crippen LogP contribution is -2.59.